The van der Waals surface area contributed by atoms with Crippen LogP contribution in [0.1, 0.15) is 11.1 Å². The Morgan fingerprint density at radius 1 is 1.20 bits per heavy atom. The first-order valence-electron chi connectivity index (χ1n) is 6.04. The van der Waals surface area contributed by atoms with Crippen molar-refractivity contribution in [2.75, 3.05) is 5.32 Å². The number of hydrogen-bond acceptors (Lipinski definition) is 2. The lowest BCUT2D eigenvalue weighted by molar-refractivity contribution is -0.136. The van der Waals surface area contributed by atoms with Gasteiger partial charge in [0.25, 0.3) is 0 Å². The lowest BCUT2D eigenvalue weighted by Crippen LogP contribution is -2.07. The van der Waals surface area contributed by atoms with Gasteiger partial charge in [0.05, 0.1) is 12.1 Å². The highest BCUT2D eigenvalue weighted by Gasteiger charge is 2.07. The summed E-state index contributed by atoms with van der Waals surface area (Å²) in [7, 11) is 0. The van der Waals surface area contributed by atoms with Crippen LogP contribution in [0.25, 0.3) is 0 Å². The molecule has 0 radical (unpaired) electrons. The second-order valence-electron chi connectivity index (χ2n) is 4.32. The normalized spacial score (nSPS) is 10.3. The van der Waals surface area contributed by atoms with Crippen molar-refractivity contribution in [3.63, 3.8) is 0 Å². The van der Waals surface area contributed by atoms with E-state index in [9.17, 15) is 9.18 Å². The van der Waals surface area contributed by atoms with Crippen LogP contribution in [0.3, 0.4) is 0 Å². The summed E-state index contributed by atoms with van der Waals surface area (Å²) in [5.74, 6) is -1.23. The molecule has 2 rings (SSSR count). The highest BCUT2D eigenvalue weighted by molar-refractivity contribution is 9.10. The van der Waals surface area contributed by atoms with Gasteiger partial charge in [-0.2, -0.15) is 0 Å². The summed E-state index contributed by atoms with van der Waals surface area (Å²) in [6.45, 7) is 0.372. The van der Waals surface area contributed by atoms with Crippen LogP contribution >= 0.6 is 15.9 Å². The third-order valence-electron chi connectivity index (χ3n) is 2.86. The number of aliphatic carboxylic acids is 1. The van der Waals surface area contributed by atoms with E-state index in [0.717, 1.165) is 15.6 Å². The standard InChI is InChI=1S/C15H13BrFNO2/c16-12-5-6-13(17)14(8-12)18-9-11-4-2-1-3-10(11)7-15(19)20/h1-6,8,18H,7,9H2,(H,19,20). The lowest BCUT2D eigenvalue weighted by Gasteiger charge is -2.11. The molecule has 0 atom stereocenters. The van der Waals surface area contributed by atoms with Crippen LogP contribution in [-0.2, 0) is 17.8 Å². The summed E-state index contributed by atoms with van der Waals surface area (Å²) in [6.07, 6.45) is -0.0428. The number of nitrogens with one attached hydrogen (secondary N) is 1. The summed E-state index contributed by atoms with van der Waals surface area (Å²) < 4.78 is 14.4. The van der Waals surface area contributed by atoms with Gasteiger partial charge < -0.3 is 10.4 Å². The van der Waals surface area contributed by atoms with Crippen molar-refractivity contribution < 1.29 is 14.3 Å². The van der Waals surface area contributed by atoms with E-state index in [1.807, 2.05) is 12.1 Å². The molecule has 0 spiro atoms. The third-order valence-corrected chi connectivity index (χ3v) is 3.35. The van der Waals surface area contributed by atoms with Gasteiger partial charge in [-0.25, -0.2) is 4.39 Å². The first-order valence-corrected chi connectivity index (χ1v) is 6.83. The average Bonchev–Trinajstić information content (AvgIpc) is 2.41. The molecule has 2 aromatic carbocycles. The number of anilines is 1. The van der Waals surface area contributed by atoms with E-state index in [-0.39, 0.29) is 12.2 Å². The summed E-state index contributed by atoms with van der Waals surface area (Å²) >= 11 is 3.29. The smallest absolute Gasteiger partial charge is 0.307 e. The number of benzene rings is 2. The van der Waals surface area contributed by atoms with Gasteiger partial charge in [0.1, 0.15) is 5.82 Å². The predicted molar refractivity (Wildman–Crippen MR) is 79.2 cm³/mol. The van der Waals surface area contributed by atoms with E-state index in [2.05, 4.69) is 21.2 Å². The molecule has 0 saturated carbocycles. The van der Waals surface area contributed by atoms with Crippen molar-refractivity contribution in [2.24, 2.45) is 0 Å². The van der Waals surface area contributed by atoms with Crippen molar-refractivity contribution >= 4 is 27.6 Å². The molecule has 104 valence electrons. The van der Waals surface area contributed by atoms with Gasteiger partial charge >= 0.3 is 5.97 Å². The van der Waals surface area contributed by atoms with E-state index >= 15 is 0 Å². The number of rotatable bonds is 5. The Bertz CT molecular complexity index is 631. The minimum atomic E-state index is -0.883. The van der Waals surface area contributed by atoms with Gasteiger partial charge in [0, 0.05) is 11.0 Å². The van der Waals surface area contributed by atoms with Gasteiger partial charge in [0.2, 0.25) is 0 Å². The molecule has 2 aromatic rings. The molecular weight excluding hydrogens is 325 g/mol. The number of hydrogen-bond donors (Lipinski definition) is 2. The van der Waals surface area contributed by atoms with Crippen molar-refractivity contribution in [3.05, 3.63) is 63.9 Å². The molecule has 5 heteroatoms. The van der Waals surface area contributed by atoms with Crippen LogP contribution in [0, 0.1) is 5.82 Å². The Morgan fingerprint density at radius 2 is 1.90 bits per heavy atom. The van der Waals surface area contributed by atoms with Crippen molar-refractivity contribution in [1.29, 1.82) is 0 Å². The molecule has 0 aliphatic rings. The van der Waals surface area contributed by atoms with Crippen LogP contribution in [-0.4, -0.2) is 11.1 Å². The molecule has 0 aliphatic heterocycles. The largest absolute Gasteiger partial charge is 0.481 e. The molecular formula is C15H13BrFNO2. The minimum Gasteiger partial charge on any atom is -0.481 e. The zero-order chi connectivity index (χ0) is 14.5. The van der Waals surface area contributed by atoms with E-state index in [4.69, 9.17) is 5.11 Å². The first kappa shape index (κ1) is 14.5. The zero-order valence-corrected chi connectivity index (χ0v) is 12.2. The van der Waals surface area contributed by atoms with Gasteiger partial charge in [-0.1, -0.05) is 40.2 Å². The van der Waals surface area contributed by atoms with Crippen LogP contribution < -0.4 is 5.32 Å². The lowest BCUT2D eigenvalue weighted by atomic mass is 10.0. The maximum atomic E-state index is 13.6. The molecule has 0 aliphatic carbocycles. The average molecular weight is 338 g/mol. The quantitative estimate of drug-likeness (QED) is 0.871. The Morgan fingerprint density at radius 3 is 2.60 bits per heavy atom. The van der Waals surface area contributed by atoms with Crippen LogP contribution in [0.15, 0.2) is 46.9 Å². The van der Waals surface area contributed by atoms with E-state index < -0.39 is 5.97 Å². The van der Waals surface area contributed by atoms with Crippen LogP contribution in [0.5, 0.6) is 0 Å². The summed E-state index contributed by atoms with van der Waals surface area (Å²) in [6, 6.07) is 11.9. The van der Waals surface area contributed by atoms with E-state index in [1.165, 1.54) is 6.07 Å². The molecule has 3 nitrogen and oxygen atoms in total. The predicted octanol–water partition coefficient (Wildman–Crippen LogP) is 3.83. The molecule has 0 aromatic heterocycles. The molecule has 0 bridgehead atoms. The number of carboxylic acids is 1. The number of halogens is 2. The van der Waals surface area contributed by atoms with Crippen LogP contribution in [0.2, 0.25) is 0 Å². The molecule has 0 amide bonds. The van der Waals surface area contributed by atoms with Gasteiger partial charge in [0.15, 0.2) is 0 Å². The first-order chi connectivity index (χ1) is 9.56. The van der Waals surface area contributed by atoms with E-state index in [0.29, 0.717) is 12.2 Å². The van der Waals surface area contributed by atoms with Gasteiger partial charge in [-0.05, 0) is 29.3 Å². The maximum absolute atomic E-state index is 13.6. The topological polar surface area (TPSA) is 49.3 Å². The molecule has 0 saturated heterocycles. The highest BCUT2D eigenvalue weighted by Crippen LogP contribution is 2.21. The van der Waals surface area contributed by atoms with Crippen molar-refractivity contribution in [1.82, 2.24) is 0 Å². The zero-order valence-electron chi connectivity index (χ0n) is 10.6. The number of carboxylic acid groups (broad SMARTS) is 1. The summed E-state index contributed by atoms with van der Waals surface area (Å²) in [4.78, 5) is 10.8. The second-order valence-corrected chi connectivity index (χ2v) is 5.23. The fourth-order valence-corrected chi connectivity index (χ4v) is 2.25. The Kier molecular flexibility index (Phi) is 4.74. The molecule has 20 heavy (non-hydrogen) atoms. The van der Waals surface area contributed by atoms with E-state index in [1.54, 1.807) is 24.3 Å². The monoisotopic (exact) mass is 337 g/mol. The third kappa shape index (κ3) is 3.81. The highest BCUT2D eigenvalue weighted by atomic mass is 79.9. The Labute approximate surface area is 124 Å². The minimum absolute atomic E-state index is 0.0428. The number of carbonyl (C=O) groups is 1. The summed E-state index contributed by atoms with van der Waals surface area (Å²) in [5.41, 5.74) is 1.95. The fraction of sp³-hybridized carbons (Fsp3) is 0.133. The van der Waals surface area contributed by atoms with Crippen LogP contribution in [0.4, 0.5) is 10.1 Å². The van der Waals surface area contributed by atoms with Crippen molar-refractivity contribution in [2.45, 2.75) is 13.0 Å². The molecule has 0 fully saturated rings. The van der Waals surface area contributed by atoms with Gasteiger partial charge in [-0.15, -0.1) is 0 Å². The fourth-order valence-electron chi connectivity index (χ4n) is 1.89. The SMILES string of the molecule is O=C(O)Cc1ccccc1CNc1cc(Br)ccc1F. The molecule has 0 heterocycles. The Balaban J connectivity index is 2.14. The Hall–Kier alpha value is -1.88. The van der Waals surface area contributed by atoms with Gasteiger partial charge in [-0.3, -0.25) is 4.79 Å². The maximum Gasteiger partial charge on any atom is 0.307 e. The van der Waals surface area contributed by atoms with Crippen molar-refractivity contribution in [3.8, 4) is 0 Å². The molecule has 2 N–H and O–H groups in total. The summed E-state index contributed by atoms with van der Waals surface area (Å²) in [5, 5.41) is 11.9. The second kappa shape index (κ2) is 6.52. The molecule has 0 unspecified atom stereocenters.